The molecule has 0 aliphatic rings. The molecule has 0 aliphatic carbocycles. The van der Waals surface area contributed by atoms with Gasteiger partial charge in [0.1, 0.15) is 10.7 Å². The molecule has 0 bridgehead atoms. The molecular formula is C11H19N3O4S. The van der Waals surface area contributed by atoms with Gasteiger partial charge in [0.05, 0.1) is 12.7 Å². The Bertz CT molecular complexity index is 492. The van der Waals surface area contributed by atoms with E-state index in [-0.39, 0.29) is 17.5 Å². The zero-order valence-electron chi connectivity index (χ0n) is 11.2. The number of aromatic nitrogens is 1. The van der Waals surface area contributed by atoms with Crippen LogP contribution in [0.15, 0.2) is 23.2 Å². The van der Waals surface area contributed by atoms with E-state index in [0.717, 1.165) is 0 Å². The van der Waals surface area contributed by atoms with Crippen molar-refractivity contribution in [2.75, 3.05) is 39.7 Å². The Kier molecular flexibility index (Phi) is 6.16. The van der Waals surface area contributed by atoms with Crippen molar-refractivity contribution < 1.29 is 17.9 Å². The molecule has 19 heavy (non-hydrogen) atoms. The number of pyridine rings is 1. The van der Waals surface area contributed by atoms with Gasteiger partial charge >= 0.3 is 0 Å². The summed E-state index contributed by atoms with van der Waals surface area (Å²) >= 11 is 0. The first-order valence-corrected chi connectivity index (χ1v) is 7.17. The monoisotopic (exact) mass is 289 g/mol. The van der Waals surface area contributed by atoms with E-state index < -0.39 is 10.0 Å². The molecule has 1 rings (SSSR count). The smallest absolute Gasteiger partial charge is 0.244 e. The lowest BCUT2D eigenvalue weighted by Crippen LogP contribution is -2.35. The Morgan fingerprint density at radius 1 is 1.42 bits per heavy atom. The van der Waals surface area contributed by atoms with Gasteiger partial charge in [-0.1, -0.05) is 0 Å². The first kappa shape index (κ1) is 15.8. The second-order valence-corrected chi connectivity index (χ2v) is 5.50. The lowest BCUT2D eigenvalue weighted by molar-refractivity contribution is 0.0320. The summed E-state index contributed by atoms with van der Waals surface area (Å²) in [7, 11) is 1.01. The third-order valence-electron chi connectivity index (χ3n) is 2.48. The van der Waals surface area contributed by atoms with E-state index in [9.17, 15) is 8.42 Å². The molecule has 1 aromatic rings. The number of hydrogen-bond donors (Lipinski definition) is 2. The molecule has 8 heteroatoms. The van der Waals surface area contributed by atoms with Crippen LogP contribution in [-0.2, 0) is 19.5 Å². The summed E-state index contributed by atoms with van der Waals surface area (Å²) in [5.41, 5.74) is 0. The van der Waals surface area contributed by atoms with Gasteiger partial charge in [0.2, 0.25) is 10.0 Å². The van der Waals surface area contributed by atoms with E-state index in [0.29, 0.717) is 12.4 Å². The summed E-state index contributed by atoms with van der Waals surface area (Å²) in [6.45, 7) is 0.440. The SMILES string of the molecule is CNc1ncccc1S(=O)(=O)NCC(COC)OC. The fourth-order valence-corrected chi connectivity index (χ4v) is 2.70. The van der Waals surface area contributed by atoms with Crippen LogP contribution in [0.5, 0.6) is 0 Å². The molecule has 0 radical (unpaired) electrons. The molecule has 0 saturated heterocycles. The maximum absolute atomic E-state index is 12.1. The predicted molar refractivity (Wildman–Crippen MR) is 71.6 cm³/mol. The van der Waals surface area contributed by atoms with Crippen LogP contribution < -0.4 is 10.0 Å². The predicted octanol–water partition coefficient (Wildman–Crippen LogP) is 0.0630. The van der Waals surface area contributed by atoms with Gasteiger partial charge in [0.25, 0.3) is 0 Å². The number of sulfonamides is 1. The van der Waals surface area contributed by atoms with Crippen molar-refractivity contribution in [2.45, 2.75) is 11.0 Å². The second-order valence-electron chi connectivity index (χ2n) is 3.77. The van der Waals surface area contributed by atoms with Gasteiger partial charge in [-0.2, -0.15) is 0 Å². The Labute approximate surface area is 113 Å². The van der Waals surface area contributed by atoms with Crippen molar-refractivity contribution in [1.82, 2.24) is 9.71 Å². The summed E-state index contributed by atoms with van der Waals surface area (Å²) in [5.74, 6) is 0.302. The van der Waals surface area contributed by atoms with Crippen molar-refractivity contribution in [1.29, 1.82) is 0 Å². The zero-order chi connectivity index (χ0) is 14.3. The van der Waals surface area contributed by atoms with Crippen LogP contribution in [0.4, 0.5) is 5.82 Å². The van der Waals surface area contributed by atoms with Gasteiger partial charge in [-0.3, -0.25) is 0 Å². The fraction of sp³-hybridized carbons (Fsp3) is 0.545. The maximum atomic E-state index is 12.1. The molecule has 0 saturated carbocycles. The number of nitrogens with one attached hydrogen (secondary N) is 2. The molecule has 0 aliphatic heterocycles. The highest BCUT2D eigenvalue weighted by atomic mass is 32.2. The molecule has 1 atom stereocenters. The molecule has 1 unspecified atom stereocenters. The summed E-state index contributed by atoms with van der Waals surface area (Å²) in [6.07, 6.45) is 1.18. The Balaban J connectivity index is 2.81. The third kappa shape index (κ3) is 4.43. The average Bonchev–Trinajstić information content (AvgIpc) is 2.43. The van der Waals surface area contributed by atoms with Gasteiger partial charge in [0, 0.05) is 34.0 Å². The van der Waals surface area contributed by atoms with E-state index in [4.69, 9.17) is 9.47 Å². The van der Waals surface area contributed by atoms with Crippen molar-refractivity contribution >= 4 is 15.8 Å². The molecule has 1 aromatic heterocycles. The lowest BCUT2D eigenvalue weighted by Gasteiger charge is -2.16. The maximum Gasteiger partial charge on any atom is 0.244 e. The number of anilines is 1. The molecule has 0 fully saturated rings. The van der Waals surface area contributed by atoms with Crippen LogP contribution in [0, 0.1) is 0 Å². The molecule has 0 spiro atoms. The van der Waals surface area contributed by atoms with Gasteiger partial charge < -0.3 is 14.8 Å². The quantitative estimate of drug-likeness (QED) is 0.703. The Morgan fingerprint density at radius 3 is 2.74 bits per heavy atom. The standard InChI is InChI=1S/C11H19N3O4S/c1-12-11-10(5-4-6-13-11)19(15,16)14-7-9(18-3)8-17-2/h4-6,9,14H,7-8H2,1-3H3,(H,12,13). The number of methoxy groups -OCH3 is 2. The van der Waals surface area contributed by atoms with Crippen molar-refractivity contribution in [3.8, 4) is 0 Å². The van der Waals surface area contributed by atoms with Gasteiger partial charge in [-0.05, 0) is 12.1 Å². The highest BCUT2D eigenvalue weighted by Crippen LogP contribution is 2.16. The number of hydrogen-bond acceptors (Lipinski definition) is 6. The van der Waals surface area contributed by atoms with Crippen LogP contribution in [0.2, 0.25) is 0 Å². The second kappa shape index (κ2) is 7.39. The first-order valence-electron chi connectivity index (χ1n) is 5.69. The van der Waals surface area contributed by atoms with Gasteiger partial charge in [-0.25, -0.2) is 18.1 Å². The lowest BCUT2D eigenvalue weighted by atomic mass is 10.4. The first-order chi connectivity index (χ1) is 9.05. The van der Waals surface area contributed by atoms with Crippen molar-refractivity contribution in [3.63, 3.8) is 0 Å². The minimum absolute atomic E-state index is 0.102. The van der Waals surface area contributed by atoms with E-state index in [1.54, 1.807) is 13.1 Å². The minimum Gasteiger partial charge on any atom is -0.382 e. The summed E-state index contributed by atoms with van der Waals surface area (Å²) in [6, 6.07) is 3.05. The summed E-state index contributed by atoms with van der Waals surface area (Å²) < 4.78 is 36.8. The van der Waals surface area contributed by atoms with Crippen LogP contribution in [0.25, 0.3) is 0 Å². The minimum atomic E-state index is -3.64. The topological polar surface area (TPSA) is 89.6 Å². The largest absolute Gasteiger partial charge is 0.382 e. The molecule has 0 aromatic carbocycles. The highest BCUT2D eigenvalue weighted by molar-refractivity contribution is 7.89. The van der Waals surface area contributed by atoms with Gasteiger partial charge in [-0.15, -0.1) is 0 Å². The number of rotatable bonds is 8. The van der Waals surface area contributed by atoms with Crippen LogP contribution in [0.1, 0.15) is 0 Å². The van der Waals surface area contributed by atoms with Crippen molar-refractivity contribution in [3.05, 3.63) is 18.3 Å². The van der Waals surface area contributed by atoms with E-state index in [2.05, 4.69) is 15.0 Å². The Hall–Kier alpha value is -1.22. The molecule has 7 nitrogen and oxygen atoms in total. The molecular weight excluding hydrogens is 270 g/mol. The summed E-state index contributed by atoms with van der Waals surface area (Å²) in [4.78, 5) is 4.06. The van der Waals surface area contributed by atoms with E-state index >= 15 is 0 Å². The van der Waals surface area contributed by atoms with E-state index in [1.807, 2.05) is 0 Å². The molecule has 1 heterocycles. The van der Waals surface area contributed by atoms with Crippen molar-refractivity contribution in [2.24, 2.45) is 0 Å². The highest BCUT2D eigenvalue weighted by Gasteiger charge is 2.20. The molecule has 108 valence electrons. The number of nitrogens with zero attached hydrogens (tertiary/aromatic N) is 1. The Morgan fingerprint density at radius 2 is 2.16 bits per heavy atom. The normalized spacial score (nSPS) is 13.2. The molecule has 0 amide bonds. The third-order valence-corrected chi connectivity index (χ3v) is 3.94. The van der Waals surface area contributed by atoms with Gasteiger partial charge in [0.15, 0.2) is 0 Å². The fourth-order valence-electron chi connectivity index (χ4n) is 1.47. The van der Waals surface area contributed by atoms with E-state index in [1.165, 1.54) is 26.5 Å². The average molecular weight is 289 g/mol. The van der Waals surface area contributed by atoms with Crippen LogP contribution in [0.3, 0.4) is 0 Å². The van der Waals surface area contributed by atoms with Crippen LogP contribution >= 0.6 is 0 Å². The van der Waals surface area contributed by atoms with Crippen LogP contribution in [-0.4, -0.2) is 53.9 Å². The zero-order valence-corrected chi connectivity index (χ0v) is 12.0. The number of ether oxygens (including phenoxy) is 2. The molecule has 2 N–H and O–H groups in total. The summed E-state index contributed by atoms with van der Waals surface area (Å²) in [5, 5.41) is 2.74.